The summed E-state index contributed by atoms with van der Waals surface area (Å²) in [6, 6.07) is 10.3. The largest absolute Gasteiger partial charge is 0.470 e. The molecule has 0 aromatic heterocycles. The van der Waals surface area contributed by atoms with Gasteiger partial charge in [-0.2, -0.15) is 0 Å². The molecule has 1 aliphatic carbocycles. The van der Waals surface area contributed by atoms with Crippen molar-refractivity contribution in [1.82, 2.24) is 0 Å². The third kappa shape index (κ3) is 4.37. The minimum Gasteiger partial charge on any atom is -0.303 e. The molecule has 26 heavy (non-hydrogen) atoms. The lowest BCUT2D eigenvalue weighted by atomic mass is 9.59. The molecule has 2 rings (SSSR count). The van der Waals surface area contributed by atoms with Crippen LogP contribution >= 0.6 is 7.82 Å². The summed E-state index contributed by atoms with van der Waals surface area (Å²) in [5.41, 5.74) is -0.811. The number of hydrogen-bond acceptors (Lipinski definition) is 2. The van der Waals surface area contributed by atoms with Crippen molar-refractivity contribution in [1.29, 1.82) is 0 Å². The van der Waals surface area contributed by atoms with Crippen LogP contribution in [0.2, 0.25) is 0 Å². The van der Waals surface area contributed by atoms with Crippen LogP contribution in [0.25, 0.3) is 0 Å². The fraction of sp³-hybridized carbons (Fsp3) is 0.524. The summed E-state index contributed by atoms with van der Waals surface area (Å²) in [4.78, 5) is 18.9. The zero-order chi connectivity index (χ0) is 19.9. The van der Waals surface area contributed by atoms with Gasteiger partial charge in [0.25, 0.3) is 0 Å². The van der Waals surface area contributed by atoms with E-state index in [-0.39, 0.29) is 10.8 Å². The second-order valence-corrected chi connectivity index (χ2v) is 10.4. The Morgan fingerprint density at radius 2 is 1.38 bits per heavy atom. The van der Waals surface area contributed by atoms with Crippen molar-refractivity contribution in [2.45, 2.75) is 53.6 Å². The number of benzene rings is 1. The lowest BCUT2D eigenvalue weighted by molar-refractivity contribution is 0.0200. The van der Waals surface area contributed by atoms with Gasteiger partial charge < -0.3 is 9.79 Å². The van der Waals surface area contributed by atoms with E-state index in [9.17, 15) is 14.4 Å². The Labute approximate surface area is 157 Å². The number of phosphoric acid groups is 1. The van der Waals surface area contributed by atoms with Crippen LogP contribution in [-0.2, 0) is 15.5 Å². The summed E-state index contributed by atoms with van der Waals surface area (Å²) in [7, 11) is -4.65. The molecule has 0 saturated carbocycles. The van der Waals surface area contributed by atoms with Gasteiger partial charge in [-0.25, -0.2) is 4.57 Å². The van der Waals surface area contributed by atoms with E-state index in [0.29, 0.717) is 0 Å². The first-order valence-electron chi connectivity index (χ1n) is 8.91. The Balaban J connectivity index is 2.49. The molecule has 2 N–H and O–H groups in total. The standard InChI is InChI=1S/C21H31O4P/c1-18(2,3)20(16-17-10-8-7-9-11-17)12-14-21(15-13-20,19(4,5)6)25-26(22,23)24/h7-15H,16H2,1-6H3,(H2,22,23,24). The van der Waals surface area contributed by atoms with Crippen molar-refractivity contribution in [3.63, 3.8) is 0 Å². The van der Waals surface area contributed by atoms with Crippen LogP contribution in [-0.4, -0.2) is 15.4 Å². The minimum absolute atomic E-state index is 0.0813. The van der Waals surface area contributed by atoms with Crippen molar-refractivity contribution in [3.8, 4) is 0 Å². The molecular formula is C21H31O4P. The Morgan fingerprint density at radius 1 is 0.885 bits per heavy atom. The van der Waals surface area contributed by atoms with Crippen molar-refractivity contribution in [2.24, 2.45) is 16.2 Å². The van der Waals surface area contributed by atoms with E-state index >= 15 is 0 Å². The first-order valence-corrected chi connectivity index (χ1v) is 10.4. The number of rotatable bonds is 4. The van der Waals surface area contributed by atoms with Gasteiger partial charge in [0.05, 0.1) is 0 Å². The second-order valence-electron chi connectivity index (χ2n) is 9.24. The molecule has 1 aromatic carbocycles. The molecule has 0 amide bonds. The van der Waals surface area contributed by atoms with Crippen molar-refractivity contribution < 1.29 is 18.9 Å². The van der Waals surface area contributed by atoms with Gasteiger partial charge in [-0.05, 0) is 22.8 Å². The highest BCUT2D eigenvalue weighted by Crippen LogP contribution is 2.54. The summed E-state index contributed by atoms with van der Waals surface area (Å²) < 4.78 is 16.9. The van der Waals surface area contributed by atoms with Gasteiger partial charge in [0.2, 0.25) is 0 Å². The lowest BCUT2D eigenvalue weighted by Gasteiger charge is -2.48. The van der Waals surface area contributed by atoms with Gasteiger partial charge in [-0.15, -0.1) is 0 Å². The van der Waals surface area contributed by atoms with Crippen molar-refractivity contribution in [2.75, 3.05) is 0 Å². The Morgan fingerprint density at radius 3 is 1.77 bits per heavy atom. The Kier molecular flexibility index (Phi) is 5.49. The van der Waals surface area contributed by atoms with Crippen molar-refractivity contribution in [3.05, 3.63) is 60.2 Å². The summed E-state index contributed by atoms with van der Waals surface area (Å²) in [6.07, 6.45) is 8.61. The molecule has 1 aromatic rings. The van der Waals surface area contributed by atoms with Crippen LogP contribution in [0.3, 0.4) is 0 Å². The van der Waals surface area contributed by atoms with Crippen LogP contribution in [0.1, 0.15) is 47.1 Å². The second kappa shape index (κ2) is 6.76. The number of allylic oxidation sites excluding steroid dienone is 2. The van der Waals surface area contributed by atoms with E-state index in [1.165, 1.54) is 5.56 Å². The molecule has 0 bridgehead atoms. The van der Waals surface area contributed by atoms with Gasteiger partial charge in [-0.1, -0.05) is 96.2 Å². The monoisotopic (exact) mass is 378 g/mol. The number of hydrogen-bond donors (Lipinski definition) is 2. The first kappa shape index (κ1) is 21.1. The summed E-state index contributed by atoms with van der Waals surface area (Å²) in [5.74, 6) is 0. The Hall–Kier alpha value is -1.19. The quantitative estimate of drug-likeness (QED) is 0.552. The predicted molar refractivity (Wildman–Crippen MR) is 106 cm³/mol. The van der Waals surface area contributed by atoms with Crippen LogP contribution < -0.4 is 0 Å². The topological polar surface area (TPSA) is 66.8 Å². The van der Waals surface area contributed by atoms with Gasteiger partial charge in [0.15, 0.2) is 0 Å². The predicted octanol–water partition coefficient (Wildman–Crippen LogP) is 5.28. The summed E-state index contributed by atoms with van der Waals surface area (Å²) in [5, 5.41) is 0. The van der Waals surface area contributed by atoms with Gasteiger partial charge in [0, 0.05) is 5.41 Å². The van der Waals surface area contributed by atoms with Crippen LogP contribution in [0.4, 0.5) is 0 Å². The maximum atomic E-state index is 11.6. The van der Waals surface area contributed by atoms with Gasteiger partial charge >= 0.3 is 7.82 Å². The SMILES string of the molecule is CC(C)(C)C1(Cc2ccccc2)C=CC(OP(=O)(O)O)(C(C)(C)C)C=C1. The molecule has 0 aliphatic heterocycles. The minimum atomic E-state index is -4.65. The average molecular weight is 378 g/mol. The van der Waals surface area contributed by atoms with E-state index < -0.39 is 18.8 Å². The smallest absolute Gasteiger partial charge is 0.303 e. The first-order chi connectivity index (χ1) is 11.7. The van der Waals surface area contributed by atoms with E-state index in [4.69, 9.17) is 4.52 Å². The molecular weight excluding hydrogens is 347 g/mol. The fourth-order valence-corrected chi connectivity index (χ4v) is 4.16. The highest BCUT2D eigenvalue weighted by molar-refractivity contribution is 7.46. The average Bonchev–Trinajstić information content (AvgIpc) is 2.47. The summed E-state index contributed by atoms with van der Waals surface area (Å²) >= 11 is 0. The molecule has 0 atom stereocenters. The van der Waals surface area contributed by atoms with E-state index in [1.54, 1.807) is 0 Å². The normalized spacial score (nSPS) is 26.9. The number of phosphoric ester groups is 1. The fourth-order valence-electron chi connectivity index (χ4n) is 3.37. The zero-order valence-corrected chi connectivity index (χ0v) is 17.5. The molecule has 5 heteroatoms. The van der Waals surface area contributed by atoms with E-state index in [1.807, 2.05) is 51.1 Å². The zero-order valence-electron chi connectivity index (χ0n) is 16.6. The van der Waals surface area contributed by atoms with Crippen LogP contribution in [0, 0.1) is 16.2 Å². The molecule has 0 saturated heterocycles. The maximum Gasteiger partial charge on any atom is 0.470 e. The molecule has 0 fully saturated rings. The highest BCUT2D eigenvalue weighted by atomic mass is 31.2. The Bertz CT molecular complexity index is 716. The van der Waals surface area contributed by atoms with Gasteiger partial charge in [-0.3, -0.25) is 4.52 Å². The van der Waals surface area contributed by atoms with E-state index in [2.05, 4.69) is 45.1 Å². The molecule has 0 unspecified atom stereocenters. The van der Waals surface area contributed by atoms with Crippen LogP contribution in [0.5, 0.6) is 0 Å². The molecule has 0 radical (unpaired) electrons. The molecule has 0 spiro atoms. The molecule has 144 valence electrons. The molecule has 4 nitrogen and oxygen atoms in total. The van der Waals surface area contributed by atoms with Gasteiger partial charge in [0.1, 0.15) is 5.60 Å². The maximum absolute atomic E-state index is 11.6. The van der Waals surface area contributed by atoms with E-state index in [0.717, 1.165) is 6.42 Å². The third-order valence-corrected chi connectivity index (χ3v) is 5.97. The van der Waals surface area contributed by atoms with Crippen LogP contribution in [0.15, 0.2) is 54.6 Å². The lowest BCUT2D eigenvalue weighted by Crippen LogP contribution is -2.46. The highest BCUT2D eigenvalue weighted by Gasteiger charge is 2.49. The molecule has 0 heterocycles. The van der Waals surface area contributed by atoms with Crippen molar-refractivity contribution >= 4 is 7.82 Å². The third-order valence-electron chi connectivity index (χ3n) is 5.43. The summed E-state index contributed by atoms with van der Waals surface area (Å²) in [6.45, 7) is 12.3. The molecule has 1 aliphatic rings.